The van der Waals surface area contributed by atoms with E-state index in [9.17, 15) is 10.1 Å². The monoisotopic (exact) mass is 413 g/mol. The van der Waals surface area contributed by atoms with Crippen LogP contribution in [0, 0.1) is 25.2 Å². The summed E-state index contributed by atoms with van der Waals surface area (Å²) in [6, 6.07) is 19.5. The number of hydrogen-bond donors (Lipinski definition) is 1. The summed E-state index contributed by atoms with van der Waals surface area (Å²) in [6.45, 7) is 4.36. The van der Waals surface area contributed by atoms with E-state index in [1.165, 1.54) is 11.3 Å². The van der Waals surface area contributed by atoms with E-state index >= 15 is 0 Å². The van der Waals surface area contributed by atoms with Crippen molar-refractivity contribution in [1.29, 1.82) is 5.26 Å². The highest BCUT2D eigenvalue weighted by Gasteiger charge is 2.14. The number of nitrogens with one attached hydrogen (secondary N) is 1. The lowest BCUT2D eigenvalue weighted by molar-refractivity contribution is 0.306. The van der Waals surface area contributed by atoms with E-state index in [0.717, 1.165) is 27.3 Å². The first-order valence-electron chi connectivity index (χ1n) is 9.44. The van der Waals surface area contributed by atoms with Crippen LogP contribution in [0.25, 0.3) is 21.9 Å². The van der Waals surface area contributed by atoms with Gasteiger partial charge in [-0.25, -0.2) is 4.98 Å². The smallest absolute Gasteiger partial charge is 0.260 e. The molecule has 2 aromatic carbocycles. The number of allylic oxidation sites excluding steroid dienone is 1. The summed E-state index contributed by atoms with van der Waals surface area (Å²) < 4.78 is 5.80. The number of nitriles is 1. The van der Waals surface area contributed by atoms with E-state index in [1.807, 2.05) is 68.4 Å². The molecule has 2 aromatic heterocycles. The molecule has 0 unspecified atom stereocenters. The van der Waals surface area contributed by atoms with Crippen molar-refractivity contribution in [1.82, 2.24) is 9.97 Å². The number of hydrogen-bond acceptors (Lipinski definition) is 5. The van der Waals surface area contributed by atoms with Crippen LogP contribution in [0.2, 0.25) is 0 Å². The first-order chi connectivity index (χ1) is 14.5. The van der Waals surface area contributed by atoms with Crippen LogP contribution >= 0.6 is 11.3 Å². The molecular formula is C24H19N3O2S. The van der Waals surface area contributed by atoms with Crippen LogP contribution in [0.15, 0.2) is 59.4 Å². The van der Waals surface area contributed by atoms with Gasteiger partial charge in [0.25, 0.3) is 5.56 Å². The maximum atomic E-state index is 12.5. The number of rotatable bonds is 5. The number of thiophene rings is 1. The third kappa shape index (κ3) is 4.02. The lowest BCUT2D eigenvalue weighted by Crippen LogP contribution is -2.10. The third-order valence-corrected chi connectivity index (χ3v) is 5.96. The lowest BCUT2D eigenvalue weighted by Gasteiger charge is -2.06. The van der Waals surface area contributed by atoms with Gasteiger partial charge in [-0.3, -0.25) is 4.79 Å². The summed E-state index contributed by atoms with van der Waals surface area (Å²) in [7, 11) is 0. The van der Waals surface area contributed by atoms with Gasteiger partial charge in [0, 0.05) is 4.88 Å². The number of fused-ring (bicyclic) bond motifs is 1. The Morgan fingerprint density at radius 3 is 2.60 bits per heavy atom. The molecule has 0 aliphatic rings. The minimum absolute atomic E-state index is 0.220. The van der Waals surface area contributed by atoms with Crippen molar-refractivity contribution in [3.8, 4) is 11.8 Å². The molecule has 0 bridgehead atoms. The van der Waals surface area contributed by atoms with Gasteiger partial charge in [0.2, 0.25) is 0 Å². The van der Waals surface area contributed by atoms with Gasteiger partial charge in [-0.05, 0) is 48.7 Å². The molecule has 4 rings (SSSR count). The van der Waals surface area contributed by atoms with E-state index in [1.54, 1.807) is 6.08 Å². The maximum Gasteiger partial charge on any atom is 0.260 e. The number of benzene rings is 2. The fourth-order valence-corrected chi connectivity index (χ4v) is 4.13. The minimum atomic E-state index is -0.220. The molecule has 0 aliphatic heterocycles. The van der Waals surface area contributed by atoms with Gasteiger partial charge in [0.05, 0.1) is 11.0 Å². The van der Waals surface area contributed by atoms with Crippen LogP contribution in [0.3, 0.4) is 0 Å². The van der Waals surface area contributed by atoms with E-state index < -0.39 is 0 Å². The van der Waals surface area contributed by atoms with Crippen molar-refractivity contribution in [2.75, 3.05) is 0 Å². The standard InChI is InChI=1S/C24H19N3O2S/c1-15-16(2)30-24-21(15)23(28)26-22(27-24)19(13-25)12-17-8-10-20(11-9-17)29-14-18-6-4-3-5-7-18/h3-12H,14H2,1-2H3,(H,26,27,28)/b19-12-. The van der Waals surface area contributed by atoms with Crippen molar-refractivity contribution < 1.29 is 4.74 Å². The maximum absolute atomic E-state index is 12.5. The topological polar surface area (TPSA) is 78.8 Å². The van der Waals surface area contributed by atoms with Crippen molar-refractivity contribution >= 4 is 33.2 Å². The molecule has 6 heteroatoms. The number of nitrogens with zero attached hydrogens (tertiary/aromatic N) is 2. The molecule has 30 heavy (non-hydrogen) atoms. The Morgan fingerprint density at radius 1 is 1.17 bits per heavy atom. The Hall–Kier alpha value is -3.69. The van der Waals surface area contributed by atoms with E-state index in [0.29, 0.717) is 22.4 Å². The molecule has 0 spiro atoms. The Labute approximate surface area is 177 Å². The predicted octanol–water partition coefficient (Wildman–Crippen LogP) is 5.24. The van der Waals surface area contributed by atoms with Gasteiger partial charge in [-0.2, -0.15) is 5.26 Å². The number of aromatic nitrogens is 2. The number of H-pyrrole nitrogens is 1. The third-order valence-electron chi connectivity index (χ3n) is 4.85. The molecular weight excluding hydrogens is 394 g/mol. The molecule has 0 radical (unpaired) electrons. The highest BCUT2D eigenvalue weighted by atomic mass is 32.1. The Balaban J connectivity index is 1.58. The van der Waals surface area contributed by atoms with Crippen LogP contribution < -0.4 is 10.3 Å². The lowest BCUT2D eigenvalue weighted by atomic mass is 10.1. The molecule has 4 aromatic rings. The minimum Gasteiger partial charge on any atom is -0.489 e. The summed E-state index contributed by atoms with van der Waals surface area (Å²) in [5, 5.41) is 10.2. The Morgan fingerprint density at radius 2 is 1.90 bits per heavy atom. The van der Waals surface area contributed by atoms with Crippen LogP contribution in [0.5, 0.6) is 5.75 Å². The molecule has 5 nitrogen and oxygen atoms in total. The number of ether oxygens (including phenoxy) is 1. The number of aromatic amines is 1. The van der Waals surface area contributed by atoms with Gasteiger partial charge in [-0.15, -0.1) is 11.3 Å². The summed E-state index contributed by atoms with van der Waals surface area (Å²) >= 11 is 1.46. The van der Waals surface area contributed by atoms with Crippen molar-refractivity contribution in [3.63, 3.8) is 0 Å². The second-order valence-electron chi connectivity index (χ2n) is 6.89. The summed E-state index contributed by atoms with van der Waals surface area (Å²) in [5.41, 5.74) is 2.93. The number of aryl methyl sites for hydroxylation is 2. The van der Waals surface area contributed by atoms with Gasteiger partial charge >= 0.3 is 0 Å². The van der Waals surface area contributed by atoms with Gasteiger partial charge in [0.15, 0.2) is 5.82 Å². The van der Waals surface area contributed by atoms with Crippen LogP contribution in [-0.4, -0.2) is 9.97 Å². The van der Waals surface area contributed by atoms with Crippen molar-refractivity contribution in [3.05, 3.63) is 92.3 Å². The zero-order valence-electron chi connectivity index (χ0n) is 16.6. The largest absolute Gasteiger partial charge is 0.489 e. The molecule has 0 aliphatic carbocycles. The quantitative estimate of drug-likeness (QED) is 0.454. The molecule has 0 atom stereocenters. The van der Waals surface area contributed by atoms with Gasteiger partial charge in [-0.1, -0.05) is 42.5 Å². The Kier molecular flexibility index (Phi) is 5.46. The normalized spacial score (nSPS) is 11.4. The Bertz CT molecular complexity index is 1330. The second-order valence-corrected chi connectivity index (χ2v) is 8.09. The van der Waals surface area contributed by atoms with E-state index in [2.05, 4.69) is 16.0 Å². The van der Waals surface area contributed by atoms with E-state index in [4.69, 9.17) is 4.74 Å². The zero-order valence-corrected chi connectivity index (χ0v) is 17.4. The molecule has 0 saturated heterocycles. The SMILES string of the molecule is Cc1sc2nc(/C(C#N)=C\c3ccc(OCc4ccccc4)cc3)[nH]c(=O)c2c1C. The molecule has 2 heterocycles. The molecule has 0 amide bonds. The average molecular weight is 414 g/mol. The first-order valence-corrected chi connectivity index (χ1v) is 10.3. The van der Waals surface area contributed by atoms with Gasteiger partial charge in [0.1, 0.15) is 23.3 Å². The first kappa shape index (κ1) is 19.6. The van der Waals surface area contributed by atoms with E-state index in [-0.39, 0.29) is 11.4 Å². The highest BCUT2D eigenvalue weighted by Crippen LogP contribution is 2.27. The molecule has 0 fully saturated rings. The summed E-state index contributed by atoms with van der Waals surface area (Å²) in [6.07, 6.45) is 1.71. The van der Waals surface area contributed by atoms with Crippen LogP contribution in [0.4, 0.5) is 0 Å². The molecule has 1 N–H and O–H groups in total. The molecule has 0 saturated carbocycles. The fraction of sp³-hybridized carbons (Fsp3) is 0.125. The molecule has 148 valence electrons. The van der Waals surface area contributed by atoms with Crippen LogP contribution in [0.1, 0.15) is 27.4 Å². The summed E-state index contributed by atoms with van der Waals surface area (Å²) in [5.74, 6) is 1.02. The zero-order chi connectivity index (χ0) is 21.1. The highest BCUT2D eigenvalue weighted by molar-refractivity contribution is 7.18. The average Bonchev–Trinajstić information content (AvgIpc) is 3.06. The summed E-state index contributed by atoms with van der Waals surface area (Å²) in [4.78, 5) is 21.5. The predicted molar refractivity (Wildman–Crippen MR) is 120 cm³/mol. The van der Waals surface area contributed by atoms with Crippen molar-refractivity contribution in [2.24, 2.45) is 0 Å². The fourth-order valence-electron chi connectivity index (χ4n) is 3.10. The van der Waals surface area contributed by atoms with Gasteiger partial charge < -0.3 is 9.72 Å². The van der Waals surface area contributed by atoms with Crippen LogP contribution in [-0.2, 0) is 6.61 Å². The second kappa shape index (κ2) is 8.36. The van der Waals surface area contributed by atoms with Crippen molar-refractivity contribution in [2.45, 2.75) is 20.5 Å².